The Labute approximate surface area is 333 Å². The van der Waals surface area contributed by atoms with E-state index < -0.39 is 0 Å². The van der Waals surface area contributed by atoms with Crippen molar-refractivity contribution in [2.24, 2.45) is 0 Å². The fraction of sp³-hybridized carbons (Fsp3) is 0. The maximum absolute atomic E-state index is 2.44. The van der Waals surface area contributed by atoms with E-state index in [4.69, 9.17) is 0 Å². The van der Waals surface area contributed by atoms with Crippen LogP contribution in [0.1, 0.15) is 0 Å². The summed E-state index contributed by atoms with van der Waals surface area (Å²) in [6, 6.07) is 26.9. The molecule has 0 heterocycles. The van der Waals surface area contributed by atoms with E-state index in [-0.39, 0.29) is 0 Å². The van der Waals surface area contributed by atoms with Crippen LogP contribution in [0.2, 0.25) is 0 Å². The van der Waals surface area contributed by atoms with Crippen LogP contribution in [-0.4, -0.2) is 110 Å². The van der Waals surface area contributed by atoms with Crippen LogP contribution >= 0.6 is 0 Å². The Morgan fingerprint density at radius 2 is 0.611 bits per heavy atom. The maximum Gasteiger partial charge on any atom is 0.140 e. The Balaban J connectivity index is 1.67. The summed E-state index contributed by atoms with van der Waals surface area (Å²) in [5.41, 5.74) is 27.6. The van der Waals surface area contributed by atoms with Gasteiger partial charge >= 0.3 is 0 Å². The smallest absolute Gasteiger partial charge is 0.101 e. The summed E-state index contributed by atoms with van der Waals surface area (Å²) >= 11 is 0. The average molecular weight is 672 g/mol. The van der Waals surface area contributed by atoms with Crippen LogP contribution in [0.5, 0.6) is 0 Å². The Bertz CT molecular complexity index is 2890. The lowest BCUT2D eigenvalue weighted by molar-refractivity contribution is 1.69. The predicted molar refractivity (Wildman–Crippen MR) is 287 cm³/mol. The Hall–Kier alpha value is -4.29. The van der Waals surface area contributed by atoms with Gasteiger partial charge in [-0.15, -0.1) is 21.9 Å². The molecule has 54 heavy (non-hydrogen) atoms. The quantitative estimate of drug-likeness (QED) is 0.130. The lowest BCUT2D eigenvalue weighted by atomic mass is 9.57. The van der Waals surface area contributed by atoms with Crippen LogP contribution in [0, 0.1) is 0 Å². The van der Waals surface area contributed by atoms with Gasteiger partial charge in [-0.3, -0.25) is 0 Å². The zero-order valence-corrected chi connectivity index (χ0v) is 34.9. The molecular formula is C40H40B14. The first-order chi connectivity index (χ1) is 25.7. The molecule has 0 aliphatic carbocycles. The monoisotopic (exact) mass is 674 g/mol. The van der Waals surface area contributed by atoms with E-state index in [9.17, 15) is 0 Å². The highest BCUT2D eigenvalue weighted by molar-refractivity contribution is 6.73. The largest absolute Gasteiger partial charge is 0.140 e. The second-order valence-electron chi connectivity index (χ2n) is 16.4. The molecule has 0 unspecified atom stereocenters. The molecule has 0 nitrogen and oxygen atoms in total. The summed E-state index contributed by atoms with van der Waals surface area (Å²) < 4.78 is 0. The number of hydrogen-bond acceptors (Lipinski definition) is 0. The number of hydrogen-bond donors (Lipinski definition) is 0. The fourth-order valence-corrected chi connectivity index (χ4v) is 10.3. The van der Waals surface area contributed by atoms with Gasteiger partial charge in [-0.1, -0.05) is 121 Å². The molecule has 0 saturated carbocycles. The van der Waals surface area contributed by atoms with Crippen molar-refractivity contribution in [1.82, 2.24) is 0 Å². The van der Waals surface area contributed by atoms with Crippen molar-refractivity contribution in [2.45, 2.75) is 0 Å². The average Bonchev–Trinajstić information content (AvgIpc) is 3.17. The Morgan fingerprint density at radius 3 is 1.11 bits per heavy atom. The van der Waals surface area contributed by atoms with Gasteiger partial charge in [-0.25, -0.2) is 0 Å². The molecular weight excluding hydrogens is 632 g/mol. The number of rotatable bonds is 3. The first kappa shape index (κ1) is 36.7. The zero-order valence-electron chi connectivity index (χ0n) is 34.9. The fourth-order valence-electron chi connectivity index (χ4n) is 10.3. The van der Waals surface area contributed by atoms with Gasteiger partial charge in [0.05, 0.1) is 0 Å². The molecule has 0 N–H and O–H groups in total. The second-order valence-corrected chi connectivity index (χ2v) is 16.4. The van der Waals surface area contributed by atoms with Crippen molar-refractivity contribution in [1.29, 1.82) is 0 Å². The van der Waals surface area contributed by atoms with Crippen molar-refractivity contribution in [3.8, 4) is 33.4 Å². The van der Waals surface area contributed by atoms with Gasteiger partial charge in [0.25, 0.3) is 0 Å². The van der Waals surface area contributed by atoms with Gasteiger partial charge in [-0.05, 0) is 82.5 Å². The second kappa shape index (κ2) is 13.2. The van der Waals surface area contributed by atoms with E-state index in [1.54, 1.807) is 0 Å². The van der Waals surface area contributed by atoms with E-state index in [2.05, 4.69) is 183 Å². The molecule has 0 aliphatic rings. The SMILES string of the molecule is Bc1c(-c2c3c(B)c(B)c(B)c(B)c3c(-c3ccc4ccccc4c3)c3c(B)c(B)c(B)c(B)c23)c(B)c2c(B)c(B)c(-c3ccccc3)c(B)c2c1B. The van der Waals surface area contributed by atoms with Crippen LogP contribution in [-0.2, 0) is 0 Å². The first-order valence-corrected chi connectivity index (χ1v) is 19.7. The molecule has 0 fully saturated rings. The summed E-state index contributed by atoms with van der Waals surface area (Å²) in [6.45, 7) is 0. The molecule has 0 radical (unpaired) electrons. The molecule has 0 atom stereocenters. The highest BCUT2D eigenvalue weighted by Crippen LogP contribution is 2.40. The lowest BCUT2D eigenvalue weighted by Gasteiger charge is -2.31. The summed E-state index contributed by atoms with van der Waals surface area (Å²) in [7, 11) is 33.1. The van der Waals surface area contributed by atoms with Gasteiger partial charge in [0.2, 0.25) is 0 Å². The van der Waals surface area contributed by atoms with Crippen LogP contribution in [0.15, 0.2) is 72.8 Å². The van der Waals surface area contributed by atoms with Crippen LogP contribution in [0.25, 0.3) is 76.5 Å². The Morgan fingerprint density at radius 1 is 0.222 bits per heavy atom. The van der Waals surface area contributed by atoms with Crippen LogP contribution in [0.4, 0.5) is 0 Å². The highest BCUT2D eigenvalue weighted by Gasteiger charge is 2.28. The van der Waals surface area contributed by atoms with Gasteiger partial charge < -0.3 is 0 Å². The third-order valence-electron chi connectivity index (χ3n) is 14.1. The van der Waals surface area contributed by atoms with Crippen molar-refractivity contribution in [3.63, 3.8) is 0 Å². The van der Waals surface area contributed by atoms with Gasteiger partial charge in [0.15, 0.2) is 0 Å². The van der Waals surface area contributed by atoms with Gasteiger partial charge in [-0.2, -0.15) is 0 Å². The maximum atomic E-state index is 2.44. The topological polar surface area (TPSA) is 0 Å². The minimum atomic E-state index is 1.28. The van der Waals surface area contributed by atoms with E-state index in [0.717, 1.165) is 0 Å². The normalized spacial score (nSPS) is 11.6. The number of benzene rings is 8. The molecule has 8 aromatic rings. The minimum Gasteiger partial charge on any atom is -0.101 e. The molecule has 0 aliphatic heterocycles. The number of fused-ring (bicyclic) bond motifs is 4. The van der Waals surface area contributed by atoms with E-state index in [0.29, 0.717) is 0 Å². The highest BCUT2D eigenvalue weighted by atomic mass is 14.3. The molecule has 14 heteroatoms. The third-order valence-corrected chi connectivity index (χ3v) is 14.1. The van der Waals surface area contributed by atoms with Gasteiger partial charge in [0, 0.05) is 0 Å². The zero-order chi connectivity index (χ0) is 38.7. The van der Waals surface area contributed by atoms with Crippen molar-refractivity contribution in [2.75, 3.05) is 0 Å². The summed E-state index contributed by atoms with van der Waals surface area (Å²) in [6.07, 6.45) is 0. The van der Waals surface area contributed by atoms with E-state index in [1.165, 1.54) is 153 Å². The molecule has 242 valence electrons. The molecule has 0 aromatic heterocycles. The summed E-state index contributed by atoms with van der Waals surface area (Å²) in [5, 5.41) is 11.0. The third kappa shape index (κ3) is 5.04. The van der Waals surface area contributed by atoms with Crippen molar-refractivity contribution < 1.29 is 0 Å². The van der Waals surface area contributed by atoms with E-state index >= 15 is 0 Å². The molecule has 0 bridgehead atoms. The Kier molecular flexibility index (Phi) is 8.95. The van der Waals surface area contributed by atoms with Crippen molar-refractivity contribution >= 4 is 229 Å². The molecule has 8 rings (SSSR count). The molecule has 0 amide bonds. The molecule has 0 saturated heterocycles. The summed E-state index contributed by atoms with van der Waals surface area (Å²) in [5.74, 6) is 0. The minimum absolute atomic E-state index is 1.28. The van der Waals surface area contributed by atoms with E-state index in [1.807, 2.05) is 0 Å². The van der Waals surface area contributed by atoms with Crippen LogP contribution in [0.3, 0.4) is 0 Å². The standard InChI is InChI=1S/C40H40B14/c41-27-18(14-7-2-1-3-8-14)29(43)35(49)26-25(27)36(50)34(48)24(28(26)42)19-22-20(30(44)37(51)39(53)32(22)46)17(16-11-10-13-6-4-5-9-15(13)12-16)21-23(19)33(47)40(54)38(52)31(21)45/h1-12H,41-54H2. The van der Waals surface area contributed by atoms with Crippen molar-refractivity contribution in [3.05, 3.63) is 72.8 Å². The first-order valence-electron chi connectivity index (χ1n) is 19.7. The molecule has 8 aromatic carbocycles. The lowest BCUT2D eigenvalue weighted by Crippen LogP contribution is -2.50. The predicted octanol–water partition coefficient (Wildman–Crippen LogP) is -13.1. The summed E-state index contributed by atoms with van der Waals surface area (Å²) in [4.78, 5) is 0. The van der Waals surface area contributed by atoms with Gasteiger partial charge in [0.1, 0.15) is 110 Å². The molecule has 0 spiro atoms. The van der Waals surface area contributed by atoms with Crippen LogP contribution < -0.4 is 76.5 Å².